The van der Waals surface area contributed by atoms with E-state index in [-0.39, 0.29) is 0 Å². The van der Waals surface area contributed by atoms with Crippen molar-refractivity contribution in [3.8, 4) is 0 Å². The number of methoxy groups -OCH3 is 1. The first kappa shape index (κ1) is 44.2. The summed E-state index contributed by atoms with van der Waals surface area (Å²) in [5.74, 6) is 0. The summed E-state index contributed by atoms with van der Waals surface area (Å²) in [5, 5.41) is 0. The fourth-order valence-electron chi connectivity index (χ4n) is 3.92. The maximum Gasteiger partial charge on any atom is 0.314 e. The molecule has 44 heavy (non-hydrogen) atoms. The van der Waals surface area contributed by atoms with E-state index in [1.807, 2.05) is 0 Å². The van der Waals surface area contributed by atoms with Crippen LogP contribution >= 0.6 is 0 Å². The van der Waals surface area contributed by atoms with Crippen molar-refractivity contribution in [1.82, 2.24) is 0 Å². The number of hydrogen-bond acceptors (Lipinski definition) is 12. The van der Waals surface area contributed by atoms with Crippen molar-refractivity contribution < 1.29 is 55.6 Å². The molecule has 0 aliphatic rings. The van der Waals surface area contributed by atoms with Gasteiger partial charge in [0.1, 0.15) is 0 Å². The Hall–Kier alpha value is 0.171. The quantitative estimate of drug-likeness (QED) is 0.0710. The second-order valence-corrected chi connectivity index (χ2v) is 25.0. The Kier molecular flexibility index (Phi) is 29.4. The van der Waals surface area contributed by atoms with Gasteiger partial charge in [0.2, 0.25) is 0 Å². The van der Waals surface area contributed by atoms with Crippen LogP contribution in [0.1, 0.15) is 6.42 Å². The van der Waals surface area contributed by atoms with Gasteiger partial charge in [-0.1, -0.05) is 0 Å². The third-order valence-corrected chi connectivity index (χ3v) is 15.0. The molecular formula is C29H66O12Si3. The molecule has 0 radical (unpaired) electrons. The highest BCUT2D eigenvalue weighted by Gasteiger charge is 2.39. The van der Waals surface area contributed by atoms with E-state index in [1.54, 1.807) is 7.11 Å². The van der Waals surface area contributed by atoms with Crippen molar-refractivity contribution in [3.63, 3.8) is 0 Å². The second-order valence-electron chi connectivity index (χ2n) is 12.2. The van der Waals surface area contributed by atoms with E-state index in [4.69, 9.17) is 55.6 Å². The minimum absolute atomic E-state index is 0.521. The molecule has 0 N–H and O–H groups in total. The highest BCUT2D eigenvalue weighted by atomic mass is 28.5. The van der Waals surface area contributed by atoms with Crippen LogP contribution < -0.4 is 0 Å². The predicted octanol–water partition coefficient (Wildman–Crippen LogP) is 3.95. The molecule has 0 aliphatic heterocycles. The van der Waals surface area contributed by atoms with Crippen molar-refractivity contribution in [3.05, 3.63) is 0 Å². The molecule has 0 aromatic heterocycles. The zero-order valence-corrected chi connectivity index (χ0v) is 32.2. The smallest absolute Gasteiger partial charge is 0.314 e. The molecule has 0 spiro atoms. The molecule has 266 valence electrons. The molecule has 0 aromatic carbocycles. The fourth-order valence-corrected chi connectivity index (χ4v) is 16.4. The van der Waals surface area contributed by atoms with Gasteiger partial charge < -0.3 is 55.6 Å². The lowest BCUT2D eigenvalue weighted by Crippen LogP contribution is -2.52. The molecule has 15 heteroatoms. The molecule has 0 heterocycles. The largest absolute Gasteiger partial charge is 0.437 e. The van der Waals surface area contributed by atoms with Gasteiger partial charge in [-0.05, 0) is 58.3 Å². The molecular weight excluding hydrogens is 625 g/mol. The second kappa shape index (κ2) is 29.3. The van der Waals surface area contributed by atoms with Gasteiger partial charge in [-0.25, -0.2) is 0 Å². The predicted molar refractivity (Wildman–Crippen MR) is 179 cm³/mol. The van der Waals surface area contributed by atoms with Crippen LogP contribution in [-0.4, -0.2) is 158 Å². The van der Waals surface area contributed by atoms with Gasteiger partial charge in [0.25, 0.3) is 0 Å². The summed E-state index contributed by atoms with van der Waals surface area (Å²) >= 11 is 0. The fraction of sp³-hybridized carbons (Fsp3) is 1.00. The van der Waals surface area contributed by atoms with Crippen LogP contribution in [0.5, 0.6) is 0 Å². The number of rotatable bonds is 35. The lowest BCUT2D eigenvalue weighted by atomic mass is 10.5. The minimum Gasteiger partial charge on any atom is -0.437 e. The van der Waals surface area contributed by atoms with Crippen LogP contribution in [0.15, 0.2) is 0 Å². The summed E-state index contributed by atoms with van der Waals surface area (Å²) in [5.41, 5.74) is 0. The Labute approximate surface area is 271 Å². The van der Waals surface area contributed by atoms with Gasteiger partial charge in [0.05, 0.1) is 119 Å². The van der Waals surface area contributed by atoms with Crippen LogP contribution in [0.4, 0.5) is 0 Å². The molecule has 0 rings (SSSR count). The monoisotopic (exact) mass is 690 g/mol. The van der Waals surface area contributed by atoms with Crippen LogP contribution in [-0.2, 0) is 55.6 Å². The lowest BCUT2D eigenvalue weighted by Gasteiger charge is -2.38. The summed E-state index contributed by atoms with van der Waals surface area (Å²) < 4.78 is 67.5. The molecule has 0 amide bonds. The molecule has 0 atom stereocenters. The standard InChI is InChI=1S/C29H66O12Si3/c1-30-11-12-32-15-16-34-19-20-36-23-24-38-27-28-39-26-25-37-22-21-35-18-17-33-14-13-31-10-9-29-44(8,40-42(2,3)4)41-43(5,6)7/h9-29H2,1-8H3. The van der Waals surface area contributed by atoms with Crippen LogP contribution in [0.25, 0.3) is 0 Å². The molecule has 0 bridgehead atoms. The summed E-state index contributed by atoms with van der Waals surface area (Å²) in [7, 11) is -3.85. The molecule has 12 nitrogen and oxygen atoms in total. The number of hydrogen-bond donors (Lipinski definition) is 0. The Morgan fingerprint density at radius 1 is 0.318 bits per heavy atom. The summed E-state index contributed by atoms with van der Waals surface area (Å²) in [6.07, 6.45) is 0.944. The highest BCUT2D eigenvalue weighted by Crippen LogP contribution is 2.25. The van der Waals surface area contributed by atoms with Crippen molar-refractivity contribution >= 4 is 25.2 Å². The van der Waals surface area contributed by atoms with E-state index in [9.17, 15) is 0 Å². The molecule has 0 aromatic rings. The van der Waals surface area contributed by atoms with Crippen LogP contribution in [0.3, 0.4) is 0 Å². The van der Waals surface area contributed by atoms with E-state index in [0.29, 0.717) is 126 Å². The maximum atomic E-state index is 6.53. The Bertz CT molecular complexity index is 593. The Balaban J connectivity index is 3.34. The van der Waals surface area contributed by atoms with E-state index >= 15 is 0 Å². The minimum atomic E-state index is -2.18. The van der Waals surface area contributed by atoms with Gasteiger partial charge in [-0.15, -0.1) is 0 Å². The van der Waals surface area contributed by atoms with E-state index in [2.05, 4.69) is 45.8 Å². The van der Waals surface area contributed by atoms with E-state index in [0.717, 1.165) is 12.5 Å². The van der Waals surface area contributed by atoms with Crippen LogP contribution in [0.2, 0.25) is 51.9 Å². The highest BCUT2D eigenvalue weighted by molar-refractivity contribution is 6.87. The van der Waals surface area contributed by atoms with Crippen LogP contribution in [0, 0.1) is 0 Å². The average molecular weight is 691 g/mol. The lowest BCUT2D eigenvalue weighted by molar-refractivity contribution is -0.0258. The third kappa shape index (κ3) is 35.0. The summed E-state index contributed by atoms with van der Waals surface area (Å²) in [6.45, 7) is 26.1. The Morgan fingerprint density at radius 2 is 0.545 bits per heavy atom. The number of ether oxygens (including phenoxy) is 10. The van der Waals surface area contributed by atoms with Gasteiger partial charge in [0.15, 0.2) is 16.6 Å². The van der Waals surface area contributed by atoms with E-state index < -0.39 is 25.2 Å². The van der Waals surface area contributed by atoms with Gasteiger partial charge in [0, 0.05) is 13.7 Å². The summed E-state index contributed by atoms with van der Waals surface area (Å²) in [4.78, 5) is 0. The SMILES string of the molecule is COCCOCCOCCOCCOCCOCCOCCOCCOCCOCCC[Si](C)(O[Si](C)(C)C)O[Si](C)(C)C. The third-order valence-electron chi connectivity index (χ3n) is 5.37. The first-order valence-corrected chi connectivity index (χ1v) is 25.4. The van der Waals surface area contributed by atoms with Crippen molar-refractivity contribution in [1.29, 1.82) is 0 Å². The normalized spacial score (nSPS) is 12.8. The van der Waals surface area contributed by atoms with Crippen molar-refractivity contribution in [2.45, 2.75) is 58.3 Å². The van der Waals surface area contributed by atoms with Gasteiger partial charge in [-0.3, -0.25) is 0 Å². The van der Waals surface area contributed by atoms with Gasteiger partial charge >= 0.3 is 8.56 Å². The maximum absolute atomic E-state index is 6.53. The molecule has 0 aliphatic carbocycles. The first-order chi connectivity index (χ1) is 21.0. The molecule has 0 saturated heterocycles. The Morgan fingerprint density at radius 3 is 0.773 bits per heavy atom. The zero-order valence-electron chi connectivity index (χ0n) is 29.2. The van der Waals surface area contributed by atoms with Crippen molar-refractivity contribution in [2.24, 2.45) is 0 Å². The topological polar surface area (TPSA) is 111 Å². The first-order valence-electron chi connectivity index (χ1n) is 16.1. The molecule has 0 unspecified atom stereocenters. The molecule has 0 saturated carbocycles. The average Bonchev–Trinajstić information content (AvgIpc) is 2.92. The molecule has 0 fully saturated rings. The van der Waals surface area contributed by atoms with Gasteiger partial charge in [-0.2, -0.15) is 0 Å². The zero-order chi connectivity index (χ0) is 32.8. The van der Waals surface area contributed by atoms with Crippen molar-refractivity contribution in [2.75, 3.05) is 133 Å². The summed E-state index contributed by atoms with van der Waals surface area (Å²) in [6, 6.07) is 0.959. The van der Waals surface area contributed by atoms with E-state index in [1.165, 1.54) is 0 Å².